The van der Waals surface area contributed by atoms with E-state index in [9.17, 15) is 0 Å². The van der Waals surface area contributed by atoms with E-state index in [1.54, 1.807) is 0 Å². The maximum atomic E-state index is 7.41. The molecule has 0 N–H and O–H groups in total. The van der Waals surface area contributed by atoms with Crippen molar-refractivity contribution in [3.8, 4) is 0 Å². The van der Waals surface area contributed by atoms with Crippen LogP contribution in [0.1, 0.15) is 121 Å². The summed E-state index contributed by atoms with van der Waals surface area (Å²) < 4.78 is 7.41. The fourth-order valence-corrected chi connectivity index (χ4v) is 11.8. The summed E-state index contributed by atoms with van der Waals surface area (Å²) in [4.78, 5) is 7.57. The summed E-state index contributed by atoms with van der Waals surface area (Å²) in [6.07, 6.45) is 2.29. The predicted molar refractivity (Wildman–Crippen MR) is 292 cm³/mol. The highest BCUT2D eigenvalue weighted by molar-refractivity contribution is 7.00. The van der Waals surface area contributed by atoms with Crippen LogP contribution in [0.5, 0.6) is 0 Å². The molecule has 1 aromatic heterocycles. The van der Waals surface area contributed by atoms with Crippen molar-refractivity contribution in [1.82, 2.24) is 0 Å². The lowest BCUT2D eigenvalue weighted by atomic mass is 9.35. The van der Waals surface area contributed by atoms with Crippen LogP contribution in [0.3, 0.4) is 0 Å². The van der Waals surface area contributed by atoms with Gasteiger partial charge >= 0.3 is 0 Å². The van der Waals surface area contributed by atoms with Gasteiger partial charge in [-0.25, -0.2) is 0 Å². The monoisotopic (exact) mass is 892 g/mol. The largest absolute Gasteiger partial charge is 0.468 e. The maximum Gasteiger partial charge on any atom is 0.297 e. The van der Waals surface area contributed by atoms with Gasteiger partial charge in [0, 0.05) is 45.2 Å². The van der Waals surface area contributed by atoms with Gasteiger partial charge in [0.15, 0.2) is 0 Å². The zero-order chi connectivity index (χ0) is 47.8. The van der Waals surface area contributed by atoms with Crippen LogP contribution in [0.25, 0.3) is 11.0 Å². The van der Waals surface area contributed by atoms with Crippen LogP contribution in [-0.4, -0.2) is 6.71 Å². The van der Waals surface area contributed by atoms with Gasteiger partial charge < -0.3 is 19.1 Å². The molecule has 0 saturated heterocycles. The Labute approximate surface area is 405 Å². The number of aryl methyl sites for hydroxylation is 3. The molecule has 4 nitrogen and oxygen atoms in total. The summed E-state index contributed by atoms with van der Waals surface area (Å²) >= 11 is 0. The Balaban J connectivity index is 1.23. The zero-order valence-corrected chi connectivity index (χ0v) is 42.5. The van der Waals surface area contributed by atoms with Crippen molar-refractivity contribution < 1.29 is 4.42 Å². The predicted octanol–water partition coefficient (Wildman–Crippen LogP) is 15.9. The van der Waals surface area contributed by atoms with E-state index in [0.717, 1.165) is 57.9 Å². The van der Waals surface area contributed by atoms with Crippen LogP contribution >= 0.6 is 0 Å². The third-order valence-electron chi connectivity index (χ3n) is 15.6. The van der Waals surface area contributed by atoms with Crippen LogP contribution in [0.15, 0.2) is 144 Å². The van der Waals surface area contributed by atoms with E-state index >= 15 is 0 Å². The van der Waals surface area contributed by atoms with Crippen LogP contribution in [-0.2, 0) is 21.7 Å². The Bertz CT molecular complexity index is 3230. The molecular formula is C63H66BN3O. The molecule has 0 bridgehead atoms. The molecule has 5 heteroatoms. The molecule has 0 atom stereocenters. The van der Waals surface area contributed by atoms with Gasteiger partial charge in [-0.2, -0.15) is 0 Å². The van der Waals surface area contributed by atoms with E-state index in [1.807, 2.05) is 0 Å². The van der Waals surface area contributed by atoms with Crippen molar-refractivity contribution in [2.75, 3.05) is 14.7 Å². The van der Waals surface area contributed by atoms with Gasteiger partial charge in [0.2, 0.25) is 0 Å². The number of hydrogen-bond donors (Lipinski definition) is 0. The van der Waals surface area contributed by atoms with Gasteiger partial charge in [-0.15, -0.1) is 0 Å². The molecule has 8 aromatic rings. The summed E-state index contributed by atoms with van der Waals surface area (Å²) in [6, 6.07) is 52.6. The Morgan fingerprint density at radius 3 is 1.62 bits per heavy atom. The van der Waals surface area contributed by atoms with E-state index < -0.39 is 0 Å². The number of anilines is 9. The third-order valence-corrected chi connectivity index (χ3v) is 15.6. The van der Waals surface area contributed by atoms with Gasteiger partial charge in [0.1, 0.15) is 5.58 Å². The quantitative estimate of drug-likeness (QED) is 0.161. The second-order valence-corrected chi connectivity index (χ2v) is 23.6. The van der Waals surface area contributed by atoms with E-state index in [2.05, 4.69) is 244 Å². The number of fused-ring (bicyclic) bond motifs is 7. The summed E-state index contributed by atoms with van der Waals surface area (Å²) in [5.41, 5.74) is 24.3. The highest BCUT2D eigenvalue weighted by Gasteiger charge is 2.49. The number of benzene rings is 7. The molecule has 68 heavy (non-hydrogen) atoms. The number of rotatable bonds is 5. The van der Waals surface area contributed by atoms with Crippen molar-refractivity contribution in [2.24, 2.45) is 0 Å². The number of para-hydroxylation sites is 2. The van der Waals surface area contributed by atoms with Crippen LogP contribution < -0.4 is 31.3 Å². The summed E-state index contributed by atoms with van der Waals surface area (Å²) in [5.74, 6) is 0. The number of hydrogen-bond acceptors (Lipinski definition) is 4. The molecule has 0 unspecified atom stereocenters. The first-order valence-electron chi connectivity index (χ1n) is 24.8. The molecule has 3 aliphatic rings. The van der Waals surface area contributed by atoms with Gasteiger partial charge in [0.25, 0.3) is 6.71 Å². The molecule has 0 amide bonds. The highest BCUT2D eigenvalue weighted by Crippen LogP contribution is 2.53. The van der Waals surface area contributed by atoms with Crippen molar-refractivity contribution in [2.45, 2.75) is 125 Å². The standard InChI is InChI=1S/C63H66BN3O/c1-39-32-53-56-54(33-39)67(57-40(2)34-47(35-41(57)3)65(44-20-16-14-17-21-44)45-22-18-15-19-23-45)52-38-50-49(62(10,11)30-31-63(50,12)13)37-51(52)64(56)59-58(48-36-43(61(7,8)9)26-29-55(48)68-59)66(53)46-27-24-42(25-28-46)60(4,5)6/h14-29,32-38H,30-31H2,1-13H3. The highest BCUT2D eigenvalue weighted by atomic mass is 16.3. The summed E-state index contributed by atoms with van der Waals surface area (Å²) in [6.45, 7) is 30.4. The minimum Gasteiger partial charge on any atom is -0.468 e. The fourth-order valence-electron chi connectivity index (χ4n) is 11.8. The normalized spacial score (nSPS) is 15.8. The Morgan fingerprint density at radius 1 is 0.529 bits per heavy atom. The van der Waals surface area contributed by atoms with Crippen LogP contribution in [0.2, 0.25) is 0 Å². The second kappa shape index (κ2) is 15.3. The topological polar surface area (TPSA) is 22.9 Å². The molecule has 0 fully saturated rings. The van der Waals surface area contributed by atoms with E-state index in [4.69, 9.17) is 4.42 Å². The van der Waals surface area contributed by atoms with Crippen molar-refractivity contribution in [1.29, 1.82) is 0 Å². The summed E-state index contributed by atoms with van der Waals surface area (Å²) in [7, 11) is 0. The lowest BCUT2D eigenvalue weighted by Crippen LogP contribution is -2.61. The molecule has 0 spiro atoms. The smallest absolute Gasteiger partial charge is 0.297 e. The van der Waals surface area contributed by atoms with Crippen molar-refractivity contribution in [3.63, 3.8) is 0 Å². The second-order valence-electron chi connectivity index (χ2n) is 23.6. The Morgan fingerprint density at radius 2 is 1.06 bits per heavy atom. The first-order valence-corrected chi connectivity index (χ1v) is 24.8. The minimum absolute atomic E-state index is 0.0138. The molecule has 342 valence electrons. The molecule has 11 rings (SSSR count). The molecule has 0 saturated carbocycles. The average Bonchev–Trinajstić information content (AvgIpc) is 3.67. The SMILES string of the molecule is Cc1cc2c3c(c1)N(c1ccc(C(C)(C)C)cc1)c1c(oc4ccc(C(C)(C)C)cc14)B3c1cc3c(cc1N2c1c(C)cc(N(c2ccccc2)c2ccccc2)cc1C)C(C)(C)CCC3(C)C. The Kier molecular flexibility index (Phi) is 9.90. The molecule has 2 aliphatic heterocycles. The first-order chi connectivity index (χ1) is 32.2. The average molecular weight is 892 g/mol. The first kappa shape index (κ1) is 44.1. The van der Waals surface area contributed by atoms with Crippen LogP contribution in [0, 0.1) is 20.8 Å². The van der Waals surface area contributed by atoms with Crippen LogP contribution in [0.4, 0.5) is 51.2 Å². The Hall–Kier alpha value is -6.46. The van der Waals surface area contributed by atoms with Crippen molar-refractivity contribution in [3.05, 3.63) is 178 Å². The van der Waals surface area contributed by atoms with Crippen molar-refractivity contribution >= 4 is 85.5 Å². The maximum absolute atomic E-state index is 7.41. The third kappa shape index (κ3) is 6.94. The van der Waals surface area contributed by atoms with Gasteiger partial charge in [-0.3, -0.25) is 0 Å². The fraction of sp³-hybridized carbons (Fsp3) is 0.302. The molecule has 1 aliphatic carbocycles. The van der Waals surface area contributed by atoms with E-state index in [1.165, 1.54) is 72.6 Å². The lowest BCUT2D eigenvalue weighted by Gasteiger charge is -2.47. The zero-order valence-electron chi connectivity index (χ0n) is 42.5. The lowest BCUT2D eigenvalue weighted by molar-refractivity contribution is 0.332. The number of nitrogens with zero attached hydrogens (tertiary/aromatic N) is 3. The minimum atomic E-state index is -0.130. The van der Waals surface area contributed by atoms with E-state index in [0.29, 0.717) is 0 Å². The molecular weight excluding hydrogens is 826 g/mol. The molecule has 7 aromatic carbocycles. The van der Waals surface area contributed by atoms with E-state index in [-0.39, 0.29) is 28.4 Å². The van der Waals surface area contributed by atoms with Gasteiger partial charge in [0.05, 0.1) is 17.0 Å². The molecule has 3 heterocycles. The van der Waals surface area contributed by atoms with Gasteiger partial charge in [-0.1, -0.05) is 130 Å². The number of furan rings is 1. The molecule has 0 radical (unpaired) electrons. The summed E-state index contributed by atoms with van der Waals surface area (Å²) in [5, 5.41) is 1.16. The van der Waals surface area contributed by atoms with Gasteiger partial charge in [-0.05, 0) is 184 Å².